The van der Waals surface area contributed by atoms with Gasteiger partial charge >= 0.3 is 0 Å². The van der Waals surface area contributed by atoms with E-state index in [2.05, 4.69) is 29.2 Å². The first-order chi connectivity index (χ1) is 13.2. The predicted octanol–water partition coefficient (Wildman–Crippen LogP) is 3.66. The molecule has 1 fully saturated rings. The largest absolute Gasteiger partial charge is 0.381 e. The van der Waals surface area contributed by atoms with Crippen molar-refractivity contribution in [2.24, 2.45) is 13.0 Å². The van der Waals surface area contributed by atoms with Gasteiger partial charge in [-0.1, -0.05) is 42.5 Å². The zero-order valence-corrected chi connectivity index (χ0v) is 15.4. The molecule has 0 radical (unpaired) electrons. The van der Waals surface area contributed by atoms with Crippen molar-refractivity contribution in [2.45, 2.75) is 13.0 Å². The summed E-state index contributed by atoms with van der Waals surface area (Å²) in [6, 6.07) is 18.3. The van der Waals surface area contributed by atoms with E-state index in [0.29, 0.717) is 19.8 Å². The number of aryl methyl sites for hydroxylation is 1. The Morgan fingerprint density at radius 3 is 2.70 bits per heavy atom. The van der Waals surface area contributed by atoms with Crippen molar-refractivity contribution >= 4 is 11.6 Å². The van der Waals surface area contributed by atoms with Gasteiger partial charge in [0.25, 0.3) is 0 Å². The van der Waals surface area contributed by atoms with E-state index in [0.717, 1.165) is 29.1 Å². The SMILES string of the molecule is Cn1ccnc1CN(C(=O)C1CCOC1)c1cccc(-c2ccccc2)c1. The summed E-state index contributed by atoms with van der Waals surface area (Å²) in [4.78, 5) is 19.5. The normalized spacial score (nSPS) is 16.4. The highest BCUT2D eigenvalue weighted by Crippen LogP contribution is 2.28. The molecule has 2 aromatic carbocycles. The van der Waals surface area contributed by atoms with Crippen LogP contribution in [0.5, 0.6) is 0 Å². The fourth-order valence-electron chi connectivity index (χ4n) is 3.42. The Balaban J connectivity index is 1.69. The maximum atomic E-state index is 13.2. The van der Waals surface area contributed by atoms with Crippen LogP contribution in [0.3, 0.4) is 0 Å². The van der Waals surface area contributed by atoms with Gasteiger partial charge in [-0.3, -0.25) is 4.79 Å². The van der Waals surface area contributed by atoms with Crippen LogP contribution in [-0.2, 0) is 23.1 Å². The monoisotopic (exact) mass is 361 g/mol. The van der Waals surface area contributed by atoms with Gasteiger partial charge in [0, 0.05) is 31.7 Å². The zero-order valence-electron chi connectivity index (χ0n) is 15.4. The maximum Gasteiger partial charge on any atom is 0.232 e. The topological polar surface area (TPSA) is 47.4 Å². The highest BCUT2D eigenvalue weighted by Gasteiger charge is 2.29. The van der Waals surface area contributed by atoms with E-state index < -0.39 is 0 Å². The summed E-state index contributed by atoms with van der Waals surface area (Å²) in [6.45, 7) is 1.59. The first-order valence-corrected chi connectivity index (χ1v) is 9.23. The molecule has 0 aliphatic carbocycles. The van der Waals surface area contributed by atoms with E-state index in [-0.39, 0.29) is 11.8 Å². The Hall–Kier alpha value is -2.92. The van der Waals surface area contributed by atoms with Crippen LogP contribution in [0.4, 0.5) is 5.69 Å². The Kier molecular flexibility index (Phi) is 5.03. The summed E-state index contributed by atoms with van der Waals surface area (Å²) in [5.74, 6) is 0.860. The highest BCUT2D eigenvalue weighted by molar-refractivity contribution is 5.95. The summed E-state index contributed by atoms with van der Waals surface area (Å²) in [6.07, 6.45) is 4.43. The molecule has 3 aromatic rings. The van der Waals surface area contributed by atoms with Crippen LogP contribution in [0.15, 0.2) is 67.0 Å². The smallest absolute Gasteiger partial charge is 0.232 e. The summed E-state index contributed by atoms with van der Waals surface area (Å²) in [7, 11) is 1.95. The van der Waals surface area contributed by atoms with Gasteiger partial charge in [0.1, 0.15) is 5.82 Å². The maximum absolute atomic E-state index is 13.2. The van der Waals surface area contributed by atoms with Crippen LogP contribution >= 0.6 is 0 Å². The number of anilines is 1. The molecule has 1 aromatic heterocycles. The Morgan fingerprint density at radius 1 is 1.19 bits per heavy atom. The van der Waals surface area contributed by atoms with Gasteiger partial charge in [0.2, 0.25) is 5.91 Å². The Bertz CT molecular complexity index is 914. The number of nitrogens with zero attached hydrogens (tertiary/aromatic N) is 3. The molecule has 4 rings (SSSR count). The van der Waals surface area contributed by atoms with Crippen LogP contribution in [0.1, 0.15) is 12.2 Å². The second kappa shape index (κ2) is 7.76. The molecule has 5 heteroatoms. The lowest BCUT2D eigenvalue weighted by atomic mass is 10.0. The van der Waals surface area contributed by atoms with Crippen LogP contribution in [0, 0.1) is 5.92 Å². The predicted molar refractivity (Wildman–Crippen MR) is 105 cm³/mol. The van der Waals surface area contributed by atoms with Crippen LogP contribution in [0.25, 0.3) is 11.1 Å². The zero-order chi connectivity index (χ0) is 18.6. The van der Waals surface area contributed by atoms with E-state index in [1.165, 1.54) is 0 Å². The van der Waals surface area contributed by atoms with Crippen LogP contribution in [0.2, 0.25) is 0 Å². The van der Waals surface area contributed by atoms with Gasteiger partial charge in [0.15, 0.2) is 0 Å². The van der Waals surface area contributed by atoms with E-state index in [1.54, 1.807) is 6.20 Å². The van der Waals surface area contributed by atoms with E-state index in [1.807, 2.05) is 53.0 Å². The number of carbonyl (C=O) groups is 1. The minimum atomic E-state index is -0.0920. The quantitative estimate of drug-likeness (QED) is 0.697. The number of aromatic nitrogens is 2. The van der Waals surface area contributed by atoms with Gasteiger partial charge in [-0.2, -0.15) is 0 Å². The first-order valence-electron chi connectivity index (χ1n) is 9.23. The minimum absolute atomic E-state index is 0.0920. The average molecular weight is 361 g/mol. The van der Waals surface area contributed by atoms with E-state index in [4.69, 9.17) is 4.74 Å². The molecule has 138 valence electrons. The van der Waals surface area contributed by atoms with Gasteiger partial charge in [-0.25, -0.2) is 4.98 Å². The average Bonchev–Trinajstić information content (AvgIpc) is 3.38. The summed E-state index contributed by atoms with van der Waals surface area (Å²) < 4.78 is 7.40. The van der Waals surface area contributed by atoms with Crippen molar-refractivity contribution in [3.63, 3.8) is 0 Å². The lowest BCUT2D eigenvalue weighted by Crippen LogP contribution is -2.36. The van der Waals surface area contributed by atoms with Crippen LogP contribution < -0.4 is 4.90 Å². The molecular formula is C22H23N3O2. The van der Waals surface area contributed by atoms with Crippen molar-refractivity contribution in [1.29, 1.82) is 0 Å². The van der Waals surface area contributed by atoms with Gasteiger partial charge in [-0.05, 0) is 29.7 Å². The molecule has 1 atom stereocenters. The molecule has 0 N–H and O–H groups in total. The molecule has 27 heavy (non-hydrogen) atoms. The lowest BCUT2D eigenvalue weighted by Gasteiger charge is -2.25. The molecule has 0 saturated carbocycles. The van der Waals surface area contributed by atoms with Gasteiger partial charge < -0.3 is 14.2 Å². The van der Waals surface area contributed by atoms with Crippen molar-refractivity contribution in [2.75, 3.05) is 18.1 Å². The lowest BCUT2D eigenvalue weighted by molar-refractivity contribution is -0.122. The number of imidazole rings is 1. The van der Waals surface area contributed by atoms with Gasteiger partial charge in [-0.15, -0.1) is 0 Å². The summed E-state index contributed by atoms with van der Waals surface area (Å²) in [5.41, 5.74) is 3.11. The van der Waals surface area contributed by atoms with Crippen molar-refractivity contribution in [3.8, 4) is 11.1 Å². The number of hydrogen-bond acceptors (Lipinski definition) is 3. The fraction of sp³-hybridized carbons (Fsp3) is 0.273. The fourth-order valence-corrected chi connectivity index (χ4v) is 3.42. The molecule has 1 saturated heterocycles. The Morgan fingerprint density at radius 2 is 2.00 bits per heavy atom. The molecule has 0 spiro atoms. The van der Waals surface area contributed by atoms with E-state index in [9.17, 15) is 4.79 Å². The third-order valence-electron chi connectivity index (χ3n) is 5.03. The highest BCUT2D eigenvalue weighted by atomic mass is 16.5. The third-order valence-corrected chi connectivity index (χ3v) is 5.03. The van der Waals surface area contributed by atoms with Crippen molar-refractivity contribution in [3.05, 3.63) is 72.8 Å². The molecule has 1 aliphatic rings. The second-order valence-electron chi connectivity index (χ2n) is 6.86. The minimum Gasteiger partial charge on any atom is -0.381 e. The number of amides is 1. The molecule has 1 aliphatic heterocycles. The van der Waals surface area contributed by atoms with Crippen molar-refractivity contribution < 1.29 is 9.53 Å². The number of ether oxygens (including phenoxy) is 1. The number of benzene rings is 2. The molecule has 2 heterocycles. The molecular weight excluding hydrogens is 338 g/mol. The summed E-state index contributed by atoms with van der Waals surface area (Å²) in [5, 5.41) is 0. The third kappa shape index (κ3) is 3.78. The number of rotatable bonds is 5. The van der Waals surface area contributed by atoms with Crippen LogP contribution in [-0.4, -0.2) is 28.7 Å². The Labute approximate surface area is 159 Å². The first kappa shape index (κ1) is 17.5. The van der Waals surface area contributed by atoms with Gasteiger partial charge in [0.05, 0.1) is 19.1 Å². The number of carbonyl (C=O) groups excluding carboxylic acids is 1. The molecule has 5 nitrogen and oxygen atoms in total. The second-order valence-corrected chi connectivity index (χ2v) is 6.86. The van der Waals surface area contributed by atoms with Crippen molar-refractivity contribution in [1.82, 2.24) is 9.55 Å². The summed E-state index contributed by atoms with van der Waals surface area (Å²) >= 11 is 0. The molecule has 1 unspecified atom stereocenters. The molecule has 0 bridgehead atoms. The van der Waals surface area contributed by atoms with E-state index >= 15 is 0 Å². The standard InChI is InChI=1S/C22H23N3O2/c1-24-12-11-23-21(24)15-25(22(26)19-10-13-27-16-19)20-9-5-8-18(14-20)17-6-3-2-4-7-17/h2-9,11-12,14,19H,10,13,15-16H2,1H3. The molecule has 1 amide bonds. The number of hydrogen-bond donors (Lipinski definition) is 0.